The average Bonchev–Trinajstić information content (AvgIpc) is 1.84. The third kappa shape index (κ3) is 1.30. The molecule has 66 valence electrons. The number of hydrogen-bond acceptors (Lipinski definition) is 2. The predicted molar refractivity (Wildman–Crippen MR) is 48.2 cm³/mol. The van der Waals surface area contributed by atoms with Gasteiger partial charge in [-0.3, -0.25) is 0 Å². The fraction of sp³-hybridized carbons (Fsp3) is 1.00. The molecule has 0 radical (unpaired) electrons. The zero-order valence-electron chi connectivity index (χ0n) is 7.85. The van der Waals surface area contributed by atoms with Crippen LogP contribution in [0.15, 0.2) is 0 Å². The largest absolute Gasteiger partial charge is 0.326 e. The molecule has 1 rings (SSSR count). The first-order valence-electron chi connectivity index (χ1n) is 4.42. The van der Waals surface area contributed by atoms with Gasteiger partial charge >= 0.3 is 0 Å². The van der Waals surface area contributed by atoms with Gasteiger partial charge in [0.2, 0.25) is 0 Å². The Bertz CT molecular complexity index is 150. The van der Waals surface area contributed by atoms with Crippen molar-refractivity contribution in [3.05, 3.63) is 0 Å². The maximum atomic E-state index is 6.17. The van der Waals surface area contributed by atoms with Crippen LogP contribution in [0.2, 0.25) is 0 Å². The number of rotatable bonds is 0. The molecular weight excluding hydrogens is 136 g/mol. The molecule has 0 saturated heterocycles. The molecule has 4 N–H and O–H groups in total. The Morgan fingerprint density at radius 1 is 1.27 bits per heavy atom. The smallest absolute Gasteiger partial charge is 0.0330 e. The maximum Gasteiger partial charge on any atom is 0.0330 e. The highest BCUT2D eigenvalue weighted by molar-refractivity contribution is 5.04. The average molecular weight is 156 g/mol. The van der Waals surface area contributed by atoms with Crippen LogP contribution in [0.1, 0.15) is 40.0 Å². The van der Waals surface area contributed by atoms with E-state index in [2.05, 4.69) is 20.8 Å². The standard InChI is InChI=1S/C9H20N2/c1-8(2)6-4-5-7(10)9(8,3)11/h7H,4-6,10-11H2,1-3H3. The lowest BCUT2D eigenvalue weighted by atomic mass is 9.62. The maximum absolute atomic E-state index is 6.17. The second-order valence-electron chi connectivity index (χ2n) is 4.67. The molecule has 0 heterocycles. The zero-order valence-corrected chi connectivity index (χ0v) is 7.85. The van der Waals surface area contributed by atoms with E-state index in [0.29, 0.717) is 0 Å². The second kappa shape index (κ2) is 2.46. The van der Waals surface area contributed by atoms with Crippen molar-refractivity contribution in [2.45, 2.75) is 51.6 Å². The third-order valence-electron chi connectivity index (χ3n) is 3.55. The first-order chi connectivity index (χ1) is 4.88. The van der Waals surface area contributed by atoms with Gasteiger partial charge in [-0.15, -0.1) is 0 Å². The van der Waals surface area contributed by atoms with Crippen molar-refractivity contribution < 1.29 is 0 Å². The molecule has 0 aliphatic heterocycles. The molecule has 0 aromatic carbocycles. The van der Waals surface area contributed by atoms with Crippen LogP contribution in [-0.4, -0.2) is 11.6 Å². The van der Waals surface area contributed by atoms with Gasteiger partial charge in [0.1, 0.15) is 0 Å². The fourth-order valence-corrected chi connectivity index (χ4v) is 1.83. The van der Waals surface area contributed by atoms with E-state index in [4.69, 9.17) is 11.5 Å². The van der Waals surface area contributed by atoms with E-state index in [0.717, 1.165) is 6.42 Å². The molecule has 0 aromatic heterocycles. The van der Waals surface area contributed by atoms with Crippen LogP contribution in [0.3, 0.4) is 0 Å². The minimum Gasteiger partial charge on any atom is -0.326 e. The summed E-state index contributed by atoms with van der Waals surface area (Å²) in [6.07, 6.45) is 3.51. The van der Waals surface area contributed by atoms with E-state index in [1.54, 1.807) is 0 Å². The molecule has 1 saturated carbocycles. The van der Waals surface area contributed by atoms with Crippen molar-refractivity contribution in [1.82, 2.24) is 0 Å². The van der Waals surface area contributed by atoms with Gasteiger partial charge in [-0.25, -0.2) is 0 Å². The van der Waals surface area contributed by atoms with Crippen LogP contribution < -0.4 is 11.5 Å². The third-order valence-corrected chi connectivity index (χ3v) is 3.55. The van der Waals surface area contributed by atoms with Crippen molar-refractivity contribution >= 4 is 0 Å². The molecule has 0 aromatic rings. The van der Waals surface area contributed by atoms with E-state index in [-0.39, 0.29) is 17.0 Å². The van der Waals surface area contributed by atoms with Crippen LogP contribution in [-0.2, 0) is 0 Å². The van der Waals surface area contributed by atoms with E-state index >= 15 is 0 Å². The summed E-state index contributed by atoms with van der Waals surface area (Å²) in [5.74, 6) is 0. The Labute approximate surface area is 69.3 Å². The van der Waals surface area contributed by atoms with Gasteiger partial charge in [-0.1, -0.05) is 20.3 Å². The van der Waals surface area contributed by atoms with Crippen LogP contribution in [0.5, 0.6) is 0 Å². The van der Waals surface area contributed by atoms with Gasteiger partial charge in [0, 0.05) is 11.6 Å². The van der Waals surface area contributed by atoms with Gasteiger partial charge < -0.3 is 11.5 Å². The van der Waals surface area contributed by atoms with E-state index in [1.807, 2.05) is 0 Å². The summed E-state index contributed by atoms with van der Waals surface area (Å²) in [5, 5.41) is 0. The summed E-state index contributed by atoms with van der Waals surface area (Å²) >= 11 is 0. The minimum absolute atomic E-state index is 0.172. The van der Waals surface area contributed by atoms with Crippen molar-refractivity contribution in [3.63, 3.8) is 0 Å². The van der Waals surface area contributed by atoms with Gasteiger partial charge in [0.05, 0.1) is 0 Å². The lowest BCUT2D eigenvalue weighted by Gasteiger charge is -2.49. The first-order valence-corrected chi connectivity index (χ1v) is 4.42. The first kappa shape index (κ1) is 9.01. The summed E-state index contributed by atoms with van der Waals surface area (Å²) in [7, 11) is 0. The van der Waals surface area contributed by atoms with E-state index in [1.165, 1.54) is 12.8 Å². The number of nitrogens with two attached hydrogens (primary N) is 2. The van der Waals surface area contributed by atoms with Gasteiger partial charge in [-0.05, 0) is 25.2 Å². The molecule has 2 nitrogen and oxygen atoms in total. The summed E-state index contributed by atoms with van der Waals surface area (Å²) in [6, 6.07) is 0.172. The van der Waals surface area contributed by atoms with Crippen molar-refractivity contribution in [2.24, 2.45) is 16.9 Å². The van der Waals surface area contributed by atoms with Crippen LogP contribution in [0.4, 0.5) is 0 Å². The quantitative estimate of drug-likeness (QED) is 0.554. The summed E-state index contributed by atoms with van der Waals surface area (Å²) in [5.41, 5.74) is 12.1. The lowest BCUT2D eigenvalue weighted by molar-refractivity contribution is 0.0937. The van der Waals surface area contributed by atoms with Gasteiger partial charge in [0.15, 0.2) is 0 Å². The second-order valence-corrected chi connectivity index (χ2v) is 4.67. The van der Waals surface area contributed by atoms with Crippen molar-refractivity contribution in [1.29, 1.82) is 0 Å². The SMILES string of the molecule is CC1(C)CCCC(N)C1(C)N. The highest BCUT2D eigenvalue weighted by atomic mass is 14.9. The predicted octanol–water partition coefficient (Wildman–Crippen LogP) is 1.24. The fourth-order valence-electron chi connectivity index (χ4n) is 1.83. The minimum atomic E-state index is -0.189. The van der Waals surface area contributed by atoms with Gasteiger partial charge in [-0.2, -0.15) is 0 Å². The Morgan fingerprint density at radius 3 is 2.18 bits per heavy atom. The molecular formula is C9H20N2. The highest BCUT2D eigenvalue weighted by Gasteiger charge is 2.44. The summed E-state index contributed by atoms with van der Waals surface area (Å²) in [6.45, 7) is 6.51. The molecule has 1 aliphatic carbocycles. The summed E-state index contributed by atoms with van der Waals surface area (Å²) < 4.78 is 0. The Kier molecular flexibility index (Phi) is 2.01. The summed E-state index contributed by atoms with van der Waals surface area (Å²) in [4.78, 5) is 0. The molecule has 0 amide bonds. The molecule has 0 bridgehead atoms. The van der Waals surface area contributed by atoms with Crippen LogP contribution in [0, 0.1) is 5.41 Å². The van der Waals surface area contributed by atoms with Crippen LogP contribution in [0.25, 0.3) is 0 Å². The topological polar surface area (TPSA) is 52.0 Å². The molecule has 11 heavy (non-hydrogen) atoms. The molecule has 0 spiro atoms. The van der Waals surface area contributed by atoms with E-state index in [9.17, 15) is 0 Å². The zero-order chi connectivity index (χ0) is 8.70. The van der Waals surface area contributed by atoms with Gasteiger partial charge in [0.25, 0.3) is 0 Å². The molecule has 2 atom stereocenters. The Morgan fingerprint density at radius 2 is 1.82 bits per heavy atom. The van der Waals surface area contributed by atoms with Crippen molar-refractivity contribution in [2.75, 3.05) is 0 Å². The molecule has 2 heteroatoms. The molecule has 1 fully saturated rings. The normalized spacial score (nSPS) is 43.9. The monoisotopic (exact) mass is 156 g/mol. The molecule has 2 unspecified atom stereocenters. The van der Waals surface area contributed by atoms with E-state index < -0.39 is 0 Å². The van der Waals surface area contributed by atoms with Crippen LogP contribution >= 0.6 is 0 Å². The Hall–Kier alpha value is -0.0800. The number of hydrogen-bond donors (Lipinski definition) is 2. The highest BCUT2D eigenvalue weighted by Crippen LogP contribution is 2.40. The lowest BCUT2D eigenvalue weighted by Crippen LogP contribution is -2.63. The van der Waals surface area contributed by atoms with Crippen molar-refractivity contribution in [3.8, 4) is 0 Å². The Balaban J connectivity index is 2.82. The molecule has 1 aliphatic rings.